The highest BCUT2D eigenvalue weighted by Gasteiger charge is 2.35. The number of nitrogens with zero attached hydrogens (tertiary/aromatic N) is 1. The maximum Gasteiger partial charge on any atom is 0.229 e. The molecule has 1 aliphatic rings. The van der Waals surface area contributed by atoms with Crippen LogP contribution in [0, 0.1) is 11.7 Å². The number of amides is 2. The highest BCUT2D eigenvalue weighted by molar-refractivity contribution is 9.10. The van der Waals surface area contributed by atoms with E-state index in [1.807, 2.05) is 24.3 Å². The van der Waals surface area contributed by atoms with E-state index in [9.17, 15) is 14.0 Å². The van der Waals surface area contributed by atoms with Gasteiger partial charge in [-0.1, -0.05) is 35.0 Å². The van der Waals surface area contributed by atoms with Crippen molar-refractivity contribution in [1.29, 1.82) is 0 Å². The lowest BCUT2D eigenvalue weighted by Crippen LogP contribution is -2.28. The van der Waals surface area contributed by atoms with Gasteiger partial charge in [0.1, 0.15) is 5.82 Å². The van der Waals surface area contributed by atoms with Crippen molar-refractivity contribution in [1.82, 2.24) is 0 Å². The third-order valence-electron chi connectivity index (χ3n) is 4.34. The first-order valence-electron chi connectivity index (χ1n) is 8.13. The van der Waals surface area contributed by atoms with Gasteiger partial charge in [-0.3, -0.25) is 9.59 Å². The fraction of sp³-hybridized carbons (Fsp3) is 0.263. The Bertz CT molecular complexity index is 808. The van der Waals surface area contributed by atoms with E-state index in [4.69, 9.17) is 0 Å². The highest BCUT2D eigenvalue weighted by atomic mass is 79.9. The summed E-state index contributed by atoms with van der Waals surface area (Å²) >= 11 is 3.18. The SMILES string of the molecule is CCc1ccc(N2CC(C(=O)Nc3ccc(Br)cc3F)CC2=O)cc1. The van der Waals surface area contributed by atoms with Gasteiger partial charge in [0.05, 0.1) is 11.6 Å². The third kappa shape index (κ3) is 3.90. The van der Waals surface area contributed by atoms with Crippen LogP contribution in [0.5, 0.6) is 0 Å². The molecule has 0 bridgehead atoms. The summed E-state index contributed by atoms with van der Waals surface area (Å²) in [6.07, 6.45) is 1.05. The van der Waals surface area contributed by atoms with E-state index in [0.29, 0.717) is 11.0 Å². The van der Waals surface area contributed by atoms with Crippen LogP contribution in [0.4, 0.5) is 15.8 Å². The molecule has 4 nitrogen and oxygen atoms in total. The first kappa shape index (κ1) is 17.6. The van der Waals surface area contributed by atoms with Crippen molar-refractivity contribution in [2.75, 3.05) is 16.8 Å². The number of halogens is 2. The Morgan fingerprint density at radius 2 is 2.00 bits per heavy atom. The average Bonchev–Trinajstić information content (AvgIpc) is 2.99. The quantitative estimate of drug-likeness (QED) is 0.831. The fourth-order valence-electron chi connectivity index (χ4n) is 2.87. The first-order chi connectivity index (χ1) is 12.0. The van der Waals surface area contributed by atoms with Crippen LogP contribution in [0.2, 0.25) is 0 Å². The summed E-state index contributed by atoms with van der Waals surface area (Å²) in [6, 6.07) is 12.2. The van der Waals surface area contributed by atoms with Crippen LogP contribution in [0.25, 0.3) is 0 Å². The van der Waals surface area contributed by atoms with Crippen molar-refractivity contribution in [2.45, 2.75) is 19.8 Å². The van der Waals surface area contributed by atoms with E-state index < -0.39 is 11.7 Å². The number of anilines is 2. The number of rotatable bonds is 4. The number of nitrogens with one attached hydrogen (secondary N) is 1. The summed E-state index contributed by atoms with van der Waals surface area (Å²) in [7, 11) is 0. The number of aryl methyl sites for hydroxylation is 1. The van der Waals surface area contributed by atoms with Gasteiger partial charge < -0.3 is 10.2 Å². The fourth-order valence-corrected chi connectivity index (χ4v) is 3.20. The average molecular weight is 405 g/mol. The summed E-state index contributed by atoms with van der Waals surface area (Å²) < 4.78 is 14.5. The predicted molar refractivity (Wildman–Crippen MR) is 99.0 cm³/mol. The first-order valence-corrected chi connectivity index (χ1v) is 8.92. The monoisotopic (exact) mass is 404 g/mol. The smallest absolute Gasteiger partial charge is 0.229 e. The molecule has 2 aromatic carbocycles. The van der Waals surface area contributed by atoms with E-state index in [1.54, 1.807) is 11.0 Å². The van der Waals surface area contributed by atoms with Crippen LogP contribution in [-0.2, 0) is 16.0 Å². The molecule has 1 aliphatic heterocycles. The molecule has 0 saturated carbocycles. The van der Waals surface area contributed by atoms with Crippen molar-refractivity contribution in [3.63, 3.8) is 0 Å². The summed E-state index contributed by atoms with van der Waals surface area (Å²) in [4.78, 5) is 26.3. The van der Waals surface area contributed by atoms with Crippen LogP contribution >= 0.6 is 15.9 Å². The molecule has 1 N–H and O–H groups in total. The lowest BCUT2D eigenvalue weighted by Gasteiger charge is -2.17. The molecule has 0 spiro atoms. The molecule has 1 unspecified atom stereocenters. The van der Waals surface area contributed by atoms with Gasteiger partial charge in [0.15, 0.2) is 0 Å². The molecule has 1 heterocycles. The second-order valence-electron chi connectivity index (χ2n) is 6.04. The second kappa shape index (κ2) is 7.35. The summed E-state index contributed by atoms with van der Waals surface area (Å²) in [5, 5.41) is 2.58. The number of hydrogen-bond donors (Lipinski definition) is 1. The van der Waals surface area contributed by atoms with Gasteiger partial charge in [-0.15, -0.1) is 0 Å². The Morgan fingerprint density at radius 1 is 1.28 bits per heavy atom. The molecule has 25 heavy (non-hydrogen) atoms. The molecular weight excluding hydrogens is 387 g/mol. The summed E-state index contributed by atoms with van der Waals surface area (Å²) in [5.41, 5.74) is 2.09. The molecule has 0 aliphatic carbocycles. The molecule has 2 amide bonds. The van der Waals surface area contributed by atoms with Crippen molar-refractivity contribution >= 4 is 39.1 Å². The van der Waals surface area contributed by atoms with E-state index >= 15 is 0 Å². The van der Waals surface area contributed by atoms with Crippen molar-refractivity contribution in [3.05, 3.63) is 58.3 Å². The maximum absolute atomic E-state index is 13.9. The van der Waals surface area contributed by atoms with Crippen molar-refractivity contribution in [3.8, 4) is 0 Å². The molecule has 1 saturated heterocycles. The van der Waals surface area contributed by atoms with Gasteiger partial charge in [-0.05, 0) is 42.3 Å². The molecule has 1 fully saturated rings. The highest BCUT2D eigenvalue weighted by Crippen LogP contribution is 2.27. The zero-order chi connectivity index (χ0) is 18.0. The molecule has 0 radical (unpaired) electrons. The topological polar surface area (TPSA) is 49.4 Å². The lowest BCUT2D eigenvalue weighted by molar-refractivity contribution is -0.122. The maximum atomic E-state index is 13.9. The Balaban J connectivity index is 1.69. The van der Waals surface area contributed by atoms with Crippen molar-refractivity contribution in [2.24, 2.45) is 5.92 Å². The molecule has 3 rings (SSSR count). The minimum atomic E-state index is -0.515. The zero-order valence-electron chi connectivity index (χ0n) is 13.8. The summed E-state index contributed by atoms with van der Waals surface area (Å²) in [5.74, 6) is -1.46. The molecule has 1 atom stereocenters. The number of carbonyl (C=O) groups excluding carboxylic acids is 2. The molecule has 0 aromatic heterocycles. The van der Waals surface area contributed by atoms with Gasteiger partial charge in [0.25, 0.3) is 0 Å². The van der Waals surface area contributed by atoms with Crippen LogP contribution in [0.1, 0.15) is 18.9 Å². The van der Waals surface area contributed by atoms with Gasteiger partial charge in [0.2, 0.25) is 11.8 Å². The predicted octanol–water partition coefficient (Wildman–Crippen LogP) is 4.14. The Kier molecular flexibility index (Phi) is 5.18. The van der Waals surface area contributed by atoms with E-state index in [0.717, 1.165) is 12.1 Å². The number of hydrogen-bond acceptors (Lipinski definition) is 2. The molecule has 2 aromatic rings. The van der Waals surface area contributed by atoms with Crippen LogP contribution < -0.4 is 10.2 Å². The minimum absolute atomic E-state index is 0.0966. The van der Waals surface area contributed by atoms with Gasteiger partial charge in [-0.2, -0.15) is 0 Å². The standard InChI is InChI=1S/C19H18BrFN2O2/c1-2-12-3-6-15(7-4-12)23-11-13(9-18(23)24)19(25)22-17-8-5-14(20)10-16(17)21/h3-8,10,13H,2,9,11H2,1H3,(H,22,25). The molecular formula is C19H18BrFN2O2. The van der Waals surface area contributed by atoms with Crippen LogP contribution in [0.15, 0.2) is 46.9 Å². The van der Waals surface area contributed by atoms with Crippen molar-refractivity contribution < 1.29 is 14.0 Å². The Hall–Kier alpha value is -2.21. The lowest BCUT2D eigenvalue weighted by atomic mass is 10.1. The second-order valence-corrected chi connectivity index (χ2v) is 6.95. The van der Waals surface area contributed by atoms with Gasteiger partial charge in [0, 0.05) is 23.1 Å². The van der Waals surface area contributed by atoms with E-state index in [1.165, 1.54) is 17.7 Å². The molecule has 130 valence electrons. The Morgan fingerprint density at radius 3 is 2.64 bits per heavy atom. The van der Waals surface area contributed by atoms with Crippen LogP contribution in [0.3, 0.4) is 0 Å². The van der Waals surface area contributed by atoms with Gasteiger partial charge in [-0.25, -0.2) is 4.39 Å². The Labute approximate surface area is 154 Å². The largest absolute Gasteiger partial charge is 0.323 e. The molecule has 6 heteroatoms. The van der Waals surface area contributed by atoms with Gasteiger partial charge >= 0.3 is 0 Å². The van der Waals surface area contributed by atoms with Crippen LogP contribution in [-0.4, -0.2) is 18.4 Å². The number of carbonyl (C=O) groups is 2. The minimum Gasteiger partial charge on any atom is -0.323 e. The van der Waals surface area contributed by atoms with E-state index in [2.05, 4.69) is 28.2 Å². The van der Waals surface area contributed by atoms with E-state index in [-0.39, 0.29) is 23.9 Å². The third-order valence-corrected chi connectivity index (χ3v) is 4.83. The summed E-state index contributed by atoms with van der Waals surface area (Å²) in [6.45, 7) is 2.37. The normalized spacial score (nSPS) is 17.0. The zero-order valence-corrected chi connectivity index (χ0v) is 15.3. The number of benzene rings is 2.